The van der Waals surface area contributed by atoms with Gasteiger partial charge in [-0.25, -0.2) is 15.2 Å². The SMILES string of the molecule is C=CC(=O)N1CCN(C(=O)N(C)C(C(=O)N[C@H]2Cc3nc(cs3)-c3ccc4c(c3)c(c(-c3cccnc3[C@H](C)OC)n4CC)CC(C)(C)COC(=O)[C@@H]3CCCN(N3)C2=O)C(C)C)[C@H]2C[C@H]21. The number of pyridine rings is 1. The second-order valence-electron chi connectivity index (χ2n) is 19.2. The van der Waals surface area contributed by atoms with Crippen molar-refractivity contribution < 1.29 is 33.4 Å². The molecular weight excluding hydrogens is 859 g/mol. The van der Waals surface area contributed by atoms with Crippen molar-refractivity contribution in [3.05, 3.63) is 70.8 Å². The number of aryl methyl sites for hydroxylation is 1. The molecule has 6 heterocycles. The average Bonchev–Trinajstić information content (AvgIpc) is 3.89. The minimum atomic E-state index is -1.08. The fourth-order valence-electron chi connectivity index (χ4n) is 10.1. The summed E-state index contributed by atoms with van der Waals surface area (Å²) in [5.41, 5.74) is 9.27. The van der Waals surface area contributed by atoms with Crippen LogP contribution in [-0.4, -0.2) is 135 Å². The Labute approximate surface area is 390 Å². The number of piperazine rings is 1. The van der Waals surface area contributed by atoms with E-state index in [1.54, 1.807) is 30.2 Å². The number of nitrogens with zero attached hydrogens (tertiary/aromatic N) is 7. The molecule has 2 saturated heterocycles. The lowest BCUT2D eigenvalue weighted by Gasteiger charge is -2.39. The number of fused-ring (bicyclic) bond motifs is 7. The zero-order chi connectivity index (χ0) is 47.2. The minimum Gasteiger partial charge on any atom is -0.464 e. The van der Waals surface area contributed by atoms with Gasteiger partial charge in [-0.2, -0.15) is 0 Å². The van der Waals surface area contributed by atoms with Gasteiger partial charge < -0.3 is 34.1 Å². The third-order valence-electron chi connectivity index (χ3n) is 13.6. The summed E-state index contributed by atoms with van der Waals surface area (Å²) >= 11 is 1.41. The predicted molar refractivity (Wildman–Crippen MR) is 252 cm³/mol. The monoisotopic (exact) mass is 921 g/mol. The molecule has 352 valence electrons. The van der Waals surface area contributed by atoms with Gasteiger partial charge in [-0.15, -0.1) is 11.3 Å². The molecule has 8 rings (SSSR count). The number of likely N-dealkylation sites (N-methyl/N-ethyl adjacent to an activating group) is 1. The molecule has 1 aromatic carbocycles. The number of benzene rings is 1. The van der Waals surface area contributed by atoms with E-state index >= 15 is 0 Å². The number of amides is 5. The lowest BCUT2D eigenvalue weighted by molar-refractivity contribution is -0.155. The van der Waals surface area contributed by atoms with Crippen LogP contribution in [0.1, 0.15) is 83.2 Å². The lowest BCUT2D eigenvalue weighted by Crippen LogP contribution is -2.63. The Morgan fingerprint density at radius 1 is 1.12 bits per heavy atom. The van der Waals surface area contributed by atoms with Crippen LogP contribution >= 0.6 is 11.3 Å². The Kier molecular flexibility index (Phi) is 13.4. The maximum absolute atomic E-state index is 14.7. The second kappa shape index (κ2) is 18.9. The molecule has 1 saturated carbocycles. The third-order valence-corrected chi connectivity index (χ3v) is 14.5. The molecule has 6 atom stereocenters. The molecule has 6 bridgehead atoms. The third kappa shape index (κ3) is 9.08. The fourth-order valence-corrected chi connectivity index (χ4v) is 10.9. The van der Waals surface area contributed by atoms with E-state index in [0.29, 0.717) is 56.9 Å². The zero-order valence-corrected chi connectivity index (χ0v) is 40.2. The molecule has 2 N–H and O–H groups in total. The van der Waals surface area contributed by atoms with Gasteiger partial charge in [0.25, 0.3) is 5.91 Å². The number of nitrogens with one attached hydrogen (secondary N) is 2. The predicted octanol–water partition coefficient (Wildman–Crippen LogP) is 5.75. The summed E-state index contributed by atoms with van der Waals surface area (Å²) in [6.07, 6.45) is 5.16. The van der Waals surface area contributed by atoms with Crippen molar-refractivity contribution in [1.82, 2.24) is 45.0 Å². The van der Waals surface area contributed by atoms with Crippen LogP contribution in [0.15, 0.2) is 54.6 Å². The number of ether oxygens (including phenoxy) is 2. The summed E-state index contributed by atoms with van der Waals surface area (Å²) in [4.78, 5) is 84.4. The lowest BCUT2D eigenvalue weighted by atomic mass is 9.84. The van der Waals surface area contributed by atoms with E-state index in [0.717, 1.165) is 44.7 Å². The van der Waals surface area contributed by atoms with Crippen molar-refractivity contribution in [2.75, 3.05) is 40.4 Å². The average molecular weight is 922 g/mol. The standard InChI is InChI=1S/C49H63N9O7S/c1-10-41(59)56-20-21-57(39-24-38(39)56)48(63)54(8)43(28(3)4)45(60)52-35-23-40-51-36(26-66-40)30-16-17-37-32(22-30)33(44(55(37)11-2)31-14-12-18-50-42(31)29(5)64-9)25-49(6,7)27-65-47(62)34-15-13-19-58(53-34)46(35)61/h10,12,14,16-18,22,26,28-29,34-35,38-39,43,53H,1,11,13,15,19-21,23-25,27H2,2-9H3,(H,52,60)/t29-,34-,35-,38+,39-,43?/m0/s1. The van der Waals surface area contributed by atoms with Crippen LogP contribution < -0.4 is 10.7 Å². The molecule has 17 heteroatoms. The van der Waals surface area contributed by atoms with E-state index in [2.05, 4.69) is 66.9 Å². The van der Waals surface area contributed by atoms with Crippen molar-refractivity contribution in [3.63, 3.8) is 0 Å². The number of cyclic esters (lactones) is 1. The van der Waals surface area contributed by atoms with Gasteiger partial charge in [0, 0.05) is 85.8 Å². The maximum atomic E-state index is 14.7. The van der Waals surface area contributed by atoms with E-state index in [-0.39, 0.29) is 49.1 Å². The molecule has 0 spiro atoms. The van der Waals surface area contributed by atoms with Gasteiger partial charge in [-0.3, -0.25) is 29.2 Å². The van der Waals surface area contributed by atoms with Gasteiger partial charge in [0.2, 0.25) is 11.8 Å². The van der Waals surface area contributed by atoms with Gasteiger partial charge in [0.05, 0.1) is 46.9 Å². The van der Waals surface area contributed by atoms with Crippen molar-refractivity contribution in [2.45, 2.75) is 117 Å². The van der Waals surface area contributed by atoms with E-state index in [1.165, 1.54) is 27.3 Å². The van der Waals surface area contributed by atoms with Crippen molar-refractivity contribution in [1.29, 1.82) is 0 Å². The molecule has 4 aliphatic rings. The summed E-state index contributed by atoms with van der Waals surface area (Å²) in [5.74, 6) is -1.82. The molecular formula is C49H63N9O7S. The molecule has 1 aliphatic carbocycles. The molecule has 4 aromatic rings. The molecule has 1 unspecified atom stereocenters. The normalized spacial score (nSPS) is 22.8. The number of thiazole rings is 1. The molecule has 3 aliphatic heterocycles. The zero-order valence-electron chi connectivity index (χ0n) is 39.3. The molecule has 5 amide bonds. The number of hydrazine groups is 1. The van der Waals surface area contributed by atoms with E-state index in [1.807, 2.05) is 32.2 Å². The highest BCUT2D eigenvalue weighted by molar-refractivity contribution is 7.10. The van der Waals surface area contributed by atoms with Gasteiger partial charge in [-0.05, 0) is 81.4 Å². The van der Waals surface area contributed by atoms with E-state index in [9.17, 15) is 24.0 Å². The van der Waals surface area contributed by atoms with Crippen LogP contribution in [0.3, 0.4) is 0 Å². The molecule has 16 nitrogen and oxygen atoms in total. The number of hydrogen-bond donors (Lipinski definition) is 2. The summed E-state index contributed by atoms with van der Waals surface area (Å²) < 4.78 is 14.2. The second-order valence-corrected chi connectivity index (χ2v) is 20.1. The quantitative estimate of drug-likeness (QED) is 0.156. The van der Waals surface area contributed by atoms with Crippen molar-refractivity contribution in [3.8, 4) is 22.5 Å². The molecule has 3 aromatic heterocycles. The fraction of sp³-hybridized carbons (Fsp3) is 0.531. The summed E-state index contributed by atoms with van der Waals surface area (Å²) in [6.45, 7) is 17.5. The van der Waals surface area contributed by atoms with Crippen molar-refractivity contribution in [2.24, 2.45) is 11.3 Å². The Morgan fingerprint density at radius 3 is 2.61 bits per heavy atom. The van der Waals surface area contributed by atoms with Crippen LogP contribution in [0.5, 0.6) is 0 Å². The largest absolute Gasteiger partial charge is 0.464 e. The molecule has 66 heavy (non-hydrogen) atoms. The first kappa shape index (κ1) is 46.9. The van der Waals surface area contributed by atoms with E-state index in [4.69, 9.17) is 19.4 Å². The molecule has 3 fully saturated rings. The number of methoxy groups -OCH3 is 1. The highest BCUT2D eigenvalue weighted by Crippen LogP contribution is 2.42. The topological polar surface area (TPSA) is 172 Å². The summed E-state index contributed by atoms with van der Waals surface area (Å²) in [7, 11) is 3.30. The summed E-state index contributed by atoms with van der Waals surface area (Å²) in [6, 6.07) is 7.11. The Hall–Kier alpha value is -5.65. The van der Waals surface area contributed by atoms with Crippen LogP contribution in [0.25, 0.3) is 33.4 Å². The van der Waals surface area contributed by atoms with Gasteiger partial charge in [0.1, 0.15) is 18.1 Å². The minimum absolute atomic E-state index is 0.0746. The first-order valence-electron chi connectivity index (χ1n) is 23.1. The number of esters is 1. The van der Waals surface area contributed by atoms with Gasteiger partial charge >= 0.3 is 12.0 Å². The number of carbonyl (C=O) groups is 5. The van der Waals surface area contributed by atoms with Gasteiger partial charge in [0.15, 0.2) is 0 Å². The number of rotatable bonds is 9. The number of aromatic nitrogens is 3. The van der Waals surface area contributed by atoms with Gasteiger partial charge in [-0.1, -0.05) is 40.3 Å². The van der Waals surface area contributed by atoms with Crippen LogP contribution in [0, 0.1) is 11.3 Å². The number of urea groups is 1. The Bertz CT molecular complexity index is 2530. The van der Waals surface area contributed by atoms with Crippen LogP contribution in [0.4, 0.5) is 4.79 Å². The highest BCUT2D eigenvalue weighted by Gasteiger charge is 2.53. The van der Waals surface area contributed by atoms with Crippen molar-refractivity contribution >= 4 is 52.0 Å². The molecule has 0 radical (unpaired) electrons. The first-order valence-corrected chi connectivity index (χ1v) is 24.0. The first-order chi connectivity index (χ1) is 31.5. The Balaban J connectivity index is 1.14. The highest BCUT2D eigenvalue weighted by atomic mass is 32.1. The Morgan fingerprint density at radius 2 is 1.88 bits per heavy atom. The number of hydrogen-bond acceptors (Lipinski definition) is 11. The van der Waals surface area contributed by atoms with Crippen LogP contribution in [0.2, 0.25) is 0 Å². The summed E-state index contributed by atoms with van der Waals surface area (Å²) in [5, 5.41) is 8.12. The maximum Gasteiger partial charge on any atom is 0.324 e. The van der Waals surface area contributed by atoms with Crippen LogP contribution in [-0.2, 0) is 48.0 Å². The smallest absolute Gasteiger partial charge is 0.324 e. The van der Waals surface area contributed by atoms with E-state index < -0.39 is 41.3 Å². The number of carbonyl (C=O) groups excluding carboxylic acids is 5.